The molecule has 17 heavy (non-hydrogen) atoms. The van der Waals surface area contributed by atoms with Crippen molar-refractivity contribution in [3.63, 3.8) is 0 Å². The second-order valence-corrected chi connectivity index (χ2v) is 5.71. The summed E-state index contributed by atoms with van der Waals surface area (Å²) in [4.78, 5) is 0.240. The molecule has 5 nitrogen and oxygen atoms in total. The van der Waals surface area contributed by atoms with Crippen LogP contribution in [-0.4, -0.2) is 46.0 Å². The lowest BCUT2D eigenvalue weighted by Crippen LogP contribution is -2.46. The summed E-state index contributed by atoms with van der Waals surface area (Å²) >= 11 is 0. The molecular formula is C11H16N2O3S. The fourth-order valence-electron chi connectivity index (χ4n) is 1.86. The number of rotatable bonds is 3. The zero-order chi connectivity index (χ0) is 12.3. The van der Waals surface area contributed by atoms with E-state index in [0.29, 0.717) is 31.9 Å². The van der Waals surface area contributed by atoms with Gasteiger partial charge in [-0.25, -0.2) is 8.42 Å². The Hall–Kier alpha value is -1.11. The molecule has 0 spiro atoms. The van der Waals surface area contributed by atoms with Crippen LogP contribution >= 0.6 is 0 Å². The third kappa shape index (κ3) is 2.43. The van der Waals surface area contributed by atoms with E-state index >= 15 is 0 Å². The minimum Gasteiger partial charge on any atom is -0.495 e. The number of para-hydroxylation sites is 1. The predicted molar refractivity (Wildman–Crippen MR) is 64.6 cm³/mol. The van der Waals surface area contributed by atoms with Gasteiger partial charge in [-0.15, -0.1) is 0 Å². The van der Waals surface area contributed by atoms with Gasteiger partial charge in [-0.1, -0.05) is 12.1 Å². The molecule has 0 radical (unpaired) electrons. The minimum absolute atomic E-state index is 0.240. The molecule has 6 heteroatoms. The molecule has 0 unspecified atom stereocenters. The molecule has 0 saturated carbocycles. The summed E-state index contributed by atoms with van der Waals surface area (Å²) in [6.45, 7) is 2.38. The van der Waals surface area contributed by atoms with E-state index < -0.39 is 10.0 Å². The first-order valence-corrected chi connectivity index (χ1v) is 6.94. The van der Waals surface area contributed by atoms with Crippen LogP contribution < -0.4 is 10.1 Å². The van der Waals surface area contributed by atoms with Crippen LogP contribution in [0.1, 0.15) is 0 Å². The van der Waals surface area contributed by atoms with Crippen molar-refractivity contribution in [1.29, 1.82) is 0 Å². The largest absolute Gasteiger partial charge is 0.495 e. The second-order valence-electron chi connectivity index (χ2n) is 3.80. The number of benzene rings is 1. The molecule has 0 atom stereocenters. The van der Waals surface area contributed by atoms with E-state index in [4.69, 9.17) is 4.74 Å². The fraction of sp³-hybridized carbons (Fsp3) is 0.455. The minimum atomic E-state index is -3.44. The van der Waals surface area contributed by atoms with Crippen LogP contribution in [0.2, 0.25) is 0 Å². The average molecular weight is 256 g/mol. The molecule has 94 valence electrons. The van der Waals surface area contributed by atoms with E-state index in [9.17, 15) is 8.42 Å². The van der Waals surface area contributed by atoms with Crippen molar-refractivity contribution in [3.05, 3.63) is 24.3 Å². The maximum Gasteiger partial charge on any atom is 0.246 e. The smallest absolute Gasteiger partial charge is 0.246 e. The van der Waals surface area contributed by atoms with Gasteiger partial charge in [0.1, 0.15) is 10.6 Å². The highest BCUT2D eigenvalue weighted by Gasteiger charge is 2.28. The van der Waals surface area contributed by atoms with E-state index in [2.05, 4.69) is 5.32 Å². The van der Waals surface area contributed by atoms with Gasteiger partial charge in [0.15, 0.2) is 0 Å². The lowest BCUT2D eigenvalue weighted by Gasteiger charge is -2.27. The van der Waals surface area contributed by atoms with Crippen LogP contribution in [0.5, 0.6) is 5.75 Å². The molecule has 0 bridgehead atoms. The fourth-order valence-corrected chi connectivity index (χ4v) is 3.45. The van der Waals surface area contributed by atoms with Crippen LogP contribution in [-0.2, 0) is 10.0 Å². The highest BCUT2D eigenvalue weighted by molar-refractivity contribution is 7.89. The van der Waals surface area contributed by atoms with Gasteiger partial charge in [0.2, 0.25) is 10.0 Å². The quantitative estimate of drug-likeness (QED) is 0.844. The Morgan fingerprint density at radius 1 is 1.24 bits per heavy atom. The van der Waals surface area contributed by atoms with Gasteiger partial charge in [0, 0.05) is 26.2 Å². The molecule has 1 aliphatic heterocycles. The molecule has 1 aromatic rings. The van der Waals surface area contributed by atoms with Crippen LogP contribution in [0.15, 0.2) is 29.2 Å². The summed E-state index contributed by atoms with van der Waals surface area (Å²) in [6, 6.07) is 6.71. The highest BCUT2D eigenvalue weighted by Crippen LogP contribution is 2.26. The van der Waals surface area contributed by atoms with E-state index in [0.717, 1.165) is 0 Å². The summed E-state index contributed by atoms with van der Waals surface area (Å²) < 4.78 is 31.4. The molecule has 1 aliphatic rings. The van der Waals surface area contributed by atoms with Gasteiger partial charge in [-0.2, -0.15) is 4.31 Å². The SMILES string of the molecule is COc1ccccc1S(=O)(=O)N1CCNCC1. The number of hydrogen-bond acceptors (Lipinski definition) is 4. The Morgan fingerprint density at radius 3 is 2.53 bits per heavy atom. The Balaban J connectivity index is 2.36. The molecule has 1 fully saturated rings. The van der Waals surface area contributed by atoms with E-state index in [1.165, 1.54) is 11.4 Å². The van der Waals surface area contributed by atoms with Crippen molar-refractivity contribution in [2.24, 2.45) is 0 Å². The molecule has 1 saturated heterocycles. The summed E-state index contributed by atoms with van der Waals surface area (Å²) in [6.07, 6.45) is 0. The van der Waals surface area contributed by atoms with Crippen LogP contribution in [0.25, 0.3) is 0 Å². The van der Waals surface area contributed by atoms with Gasteiger partial charge in [0.05, 0.1) is 7.11 Å². The number of sulfonamides is 1. The maximum absolute atomic E-state index is 12.4. The summed E-state index contributed by atoms with van der Waals surface area (Å²) in [5, 5.41) is 3.13. The number of nitrogens with zero attached hydrogens (tertiary/aromatic N) is 1. The maximum atomic E-state index is 12.4. The predicted octanol–water partition coefficient (Wildman–Crippen LogP) is 0.289. The molecule has 1 aromatic carbocycles. The molecule has 1 N–H and O–H groups in total. The first kappa shape index (κ1) is 12.3. The Bertz CT molecular complexity index is 481. The number of methoxy groups -OCH3 is 1. The molecule has 0 amide bonds. The van der Waals surface area contributed by atoms with Gasteiger partial charge >= 0.3 is 0 Å². The third-order valence-corrected chi connectivity index (χ3v) is 4.70. The van der Waals surface area contributed by atoms with E-state index in [1.54, 1.807) is 24.3 Å². The van der Waals surface area contributed by atoms with E-state index in [-0.39, 0.29) is 4.90 Å². The van der Waals surface area contributed by atoms with Crippen molar-refractivity contribution in [2.45, 2.75) is 4.90 Å². The number of piperazine rings is 1. The highest BCUT2D eigenvalue weighted by atomic mass is 32.2. The van der Waals surface area contributed by atoms with Crippen LogP contribution in [0, 0.1) is 0 Å². The van der Waals surface area contributed by atoms with Gasteiger partial charge in [-0.05, 0) is 12.1 Å². The van der Waals surface area contributed by atoms with Crippen molar-refractivity contribution in [2.75, 3.05) is 33.3 Å². The van der Waals surface area contributed by atoms with Crippen molar-refractivity contribution < 1.29 is 13.2 Å². The summed E-state index contributed by atoms with van der Waals surface area (Å²) in [7, 11) is -1.96. The molecular weight excluding hydrogens is 240 g/mol. The van der Waals surface area contributed by atoms with Crippen molar-refractivity contribution >= 4 is 10.0 Å². The lowest BCUT2D eigenvalue weighted by molar-refractivity contribution is 0.355. The number of ether oxygens (including phenoxy) is 1. The third-order valence-electron chi connectivity index (χ3n) is 2.76. The number of nitrogens with one attached hydrogen (secondary N) is 1. The first-order chi connectivity index (χ1) is 8.16. The Morgan fingerprint density at radius 2 is 1.88 bits per heavy atom. The molecule has 0 aliphatic carbocycles. The van der Waals surface area contributed by atoms with Crippen LogP contribution in [0.3, 0.4) is 0 Å². The van der Waals surface area contributed by atoms with E-state index in [1.807, 2.05) is 0 Å². The standard InChI is InChI=1S/C11H16N2O3S/c1-16-10-4-2-3-5-11(10)17(14,15)13-8-6-12-7-9-13/h2-5,12H,6-9H2,1H3. The number of hydrogen-bond donors (Lipinski definition) is 1. The lowest BCUT2D eigenvalue weighted by atomic mass is 10.3. The van der Waals surface area contributed by atoms with Gasteiger partial charge in [0.25, 0.3) is 0 Å². The summed E-state index contributed by atoms with van der Waals surface area (Å²) in [5.41, 5.74) is 0. The first-order valence-electron chi connectivity index (χ1n) is 5.50. The zero-order valence-electron chi connectivity index (χ0n) is 9.72. The molecule has 1 heterocycles. The molecule has 0 aromatic heterocycles. The summed E-state index contributed by atoms with van der Waals surface area (Å²) in [5.74, 6) is 0.394. The monoisotopic (exact) mass is 256 g/mol. The van der Waals surface area contributed by atoms with Gasteiger partial charge in [-0.3, -0.25) is 0 Å². The molecule has 2 rings (SSSR count). The second kappa shape index (κ2) is 5.03. The Kier molecular flexibility index (Phi) is 3.66. The zero-order valence-corrected chi connectivity index (χ0v) is 10.5. The van der Waals surface area contributed by atoms with Crippen LogP contribution in [0.4, 0.5) is 0 Å². The van der Waals surface area contributed by atoms with Gasteiger partial charge < -0.3 is 10.1 Å². The normalized spacial score (nSPS) is 17.9. The topological polar surface area (TPSA) is 58.6 Å². The average Bonchev–Trinajstić information content (AvgIpc) is 2.39. The Labute approximate surface area is 101 Å². The van der Waals surface area contributed by atoms with Crippen molar-refractivity contribution in [1.82, 2.24) is 9.62 Å². The van der Waals surface area contributed by atoms with Crippen molar-refractivity contribution in [3.8, 4) is 5.75 Å².